The molecule has 1 atom stereocenters. The van der Waals surface area contributed by atoms with Gasteiger partial charge in [0.25, 0.3) is 0 Å². The minimum atomic E-state index is -2.71. The molecule has 34 heavy (non-hydrogen) atoms. The van der Waals surface area contributed by atoms with Crippen molar-refractivity contribution in [1.29, 1.82) is 0 Å². The van der Waals surface area contributed by atoms with Gasteiger partial charge >= 0.3 is 13.3 Å². The van der Waals surface area contributed by atoms with Crippen LogP contribution in [0.3, 0.4) is 0 Å². The largest absolute Gasteiger partial charge is 0.497 e. The molecule has 0 N–H and O–H groups in total. The van der Waals surface area contributed by atoms with E-state index in [0.717, 1.165) is 0 Å². The second-order valence-electron chi connectivity index (χ2n) is 6.92. The molecule has 0 fully saturated rings. The topological polar surface area (TPSA) is 97.4 Å². The van der Waals surface area contributed by atoms with Gasteiger partial charge in [-0.05, 0) is 24.3 Å². The number of rotatable bonds is 10. The highest BCUT2D eigenvalue weighted by molar-refractivity contribution is 7.71. The predicted octanol–water partition coefficient (Wildman–Crippen LogP) is 4.25. The number of ketones is 1. The molecule has 1 unspecified atom stereocenters. The molecule has 0 amide bonds. The Balaban J connectivity index is 2.08. The zero-order chi connectivity index (χ0) is 24.8. The third-order valence-corrected chi connectivity index (χ3v) is 6.55. The summed E-state index contributed by atoms with van der Waals surface area (Å²) in [6.07, 6.45) is 0. The monoisotopic (exact) mass is 483 g/mol. The average molecular weight is 483 g/mol. The van der Waals surface area contributed by atoms with E-state index in [9.17, 15) is 14.2 Å². The van der Waals surface area contributed by atoms with Crippen molar-refractivity contribution in [3.05, 3.63) is 71.3 Å². The van der Waals surface area contributed by atoms with Crippen LogP contribution in [0.25, 0.3) is 0 Å². The van der Waals surface area contributed by atoms with Gasteiger partial charge in [0.05, 0.1) is 46.7 Å². The van der Waals surface area contributed by atoms with E-state index in [1.54, 1.807) is 30.3 Å². The lowest BCUT2D eigenvalue weighted by molar-refractivity contribution is 0.103. The summed E-state index contributed by atoms with van der Waals surface area (Å²) < 4.78 is 39.9. The Morgan fingerprint density at radius 1 is 0.647 bits per heavy atom. The fourth-order valence-electron chi connectivity index (χ4n) is 3.40. The number of carbonyl (C=O) groups excluding carboxylic acids is 2. The summed E-state index contributed by atoms with van der Waals surface area (Å²) in [5.74, 6) is 1.05. The molecule has 8 nitrogen and oxygen atoms in total. The van der Waals surface area contributed by atoms with E-state index in [0.29, 0.717) is 17.2 Å². The van der Waals surface area contributed by atoms with Gasteiger partial charge in [-0.25, -0.2) is 4.79 Å². The molecule has 0 aromatic heterocycles. The van der Waals surface area contributed by atoms with Crippen molar-refractivity contribution in [2.45, 2.75) is 0 Å². The zero-order valence-electron chi connectivity index (χ0n) is 19.4. The van der Waals surface area contributed by atoms with Crippen LogP contribution in [0.1, 0.15) is 26.3 Å². The van der Waals surface area contributed by atoms with Crippen LogP contribution in [0.15, 0.2) is 54.6 Å². The highest BCUT2D eigenvalue weighted by Gasteiger charge is 2.41. The van der Waals surface area contributed by atoms with Crippen LogP contribution in [0.5, 0.6) is 28.7 Å². The van der Waals surface area contributed by atoms with E-state index in [1.807, 2.05) is 0 Å². The van der Waals surface area contributed by atoms with Gasteiger partial charge in [0, 0.05) is 18.2 Å². The summed E-state index contributed by atoms with van der Waals surface area (Å²) in [5.41, 5.74) is -0.387. The van der Waals surface area contributed by atoms with Gasteiger partial charge in [0.15, 0.2) is 5.56 Å². The summed E-state index contributed by atoms with van der Waals surface area (Å²) in [5, 5.41) is 0.0882. The lowest BCUT2D eigenvalue weighted by Gasteiger charge is -2.11. The molecule has 0 saturated heterocycles. The van der Waals surface area contributed by atoms with Gasteiger partial charge < -0.3 is 23.7 Å². The standard InChI is InChI=1S/C25H24O8P/c1-29-15-10-11-17(19(12-15)31-3)24(26)18-8-6-7-9-22(18)34(28)25(27)23-20(32-4)13-16(30-2)14-21(23)33-5/h6-14H,1-5H3/q+1. The van der Waals surface area contributed by atoms with Crippen LogP contribution in [0.4, 0.5) is 0 Å². The number of hydrogen-bond donors (Lipinski definition) is 0. The van der Waals surface area contributed by atoms with Gasteiger partial charge in [-0.1, -0.05) is 16.7 Å². The lowest BCUT2D eigenvalue weighted by atomic mass is 10.0. The first-order valence-electron chi connectivity index (χ1n) is 10.1. The molecule has 0 saturated carbocycles. The maximum absolute atomic E-state index is 13.5. The minimum Gasteiger partial charge on any atom is -0.497 e. The second-order valence-corrected chi connectivity index (χ2v) is 8.40. The molecule has 0 bridgehead atoms. The van der Waals surface area contributed by atoms with Crippen LogP contribution >= 0.6 is 7.80 Å². The first kappa shape index (κ1) is 24.7. The van der Waals surface area contributed by atoms with Crippen molar-refractivity contribution in [2.24, 2.45) is 0 Å². The summed E-state index contributed by atoms with van der Waals surface area (Å²) in [4.78, 5) is 26.8. The molecule has 3 aromatic carbocycles. The normalized spacial score (nSPS) is 10.8. The Kier molecular flexibility index (Phi) is 7.87. The van der Waals surface area contributed by atoms with Gasteiger partial charge in [0.2, 0.25) is 11.1 Å². The number of hydrogen-bond acceptors (Lipinski definition) is 8. The first-order valence-corrected chi connectivity index (χ1v) is 11.3. The van der Waals surface area contributed by atoms with Crippen LogP contribution in [-0.4, -0.2) is 46.9 Å². The molecule has 0 aliphatic heterocycles. The molecule has 176 valence electrons. The van der Waals surface area contributed by atoms with Crippen LogP contribution < -0.4 is 29.0 Å². The fraction of sp³-hybridized carbons (Fsp3) is 0.200. The SMILES string of the molecule is COc1ccc(C(=O)c2ccccc2[P+](=O)C(=O)c2c(OC)cc(OC)cc2OC)c(OC)c1. The van der Waals surface area contributed by atoms with Crippen LogP contribution in [0.2, 0.25) is 0 Å². The minimum absolute atomic E-state index is 0.00353. The highest BCUT2D eigenvalue weighted by Crippen LogP contribution is 2.40. The van der Waals surface area contributed by atoms with Gasteiger partial charge in [0.1, 0.15) is 28.7 Å². The number of benzene rings is 3. The Labute approximate surface area is 198 Å². The smallest absolute Gasteiger partial charge is 0.459 e. The third kappa shape index (κ3) is 4.72. The molecule has 0 aliphatic rings. The van der Waals surface area contributed by atoms with Crippen molar-refractivity contribution in [1.82, 2.24) is 0 Å². The van der Waals surface area contributed by atoms with Crippen molar-refractivity contribution in [2.75, 3.05) is 35.5 Å². The molecule has 3 aromatic rings. The van der Waals surface area contributed by atoms with Gasteiger partial charge in [-0.15, -0.1) is 0 Å². The number of ether oxygens (including phenoxy) is 5. The molecule has 3 rings (SSSR count). The summed E-state index contributed by atoms with van der Waals surface area (Å²) in [6.45, 7) is 0. The van der Waals surface area contributed by atoms with Crippen molar-refractivity contribution in [3.63, 3.8) is 0 Å². The fourth-order valence-corrected chi connectivity index (χ4v) is 4.66. The zero-order valence-corrected chi connectivity index (χ0v) is 20.3. The van der Waals surface area contributed by atoms with Gasteiger partial charge in [-0.3, -0.25) is 4.79 Å². The van der Waals surface area contributed by atoms with Crippen molar-refractivity contribution < 1.29 is 37.8 Å². The van der Waals surface area contributed by atoms with Gasteiger partial charge in [-0.2, -0.15) is 0 Å². The molecular weight excluding hydrogens is 459 g/mol. The Bertz CT molecular complexity index is 1230. The van der Waals surface area contributed by atoms with E-state index in [1.165, 1.54) is 59.8 Å². The molecule has 0 aliphatic carbocycles. The van der Waals surface area contributed by atoms with Crippen molar-refractivity contribution in [3.8, 4) is 28.7 Å². The first-order chi connectivity index (χ1) is 16.4. The average Bonchev–Trinajstić information content (AvgIpc) is 2.90. The number of methoxy groups -OCH3 is 5. The molecule has 0 spiro atoms. The van der Waals surface area contributed by atoms with E-state index in [2.05, 4.69) is 0 Å². The third-order valence-electron chi connectivity index (χ3n) is 5.13. The van der Waals surface area contributed by atoms with E-state index < -0.39 is 19.1 Å². The van der Waals surface area contributed by atoms with Crippen LogP contribution in [0, 0.1) is 0 Å². The Morgan fingerprint density at radius 2 is 1.21 bits per heavy atom. The summed E-state index contributed by atoms with van der Waals surface area (Å²) in [7, 11) is 4.45. The Hall–Kier alpha value is -3.90. The maximum atomic E-state index is 13.5. The second kappa shape index (κ2) is 10.8. The van der Waals surface area contributed by atoms with E-state index in [4.69, 9.17) is 23.7 Å². The maximum Gasteiger partial charge on any atom is 0.459 e. The molecule has 0 heterocycles. The summed E-state index contributed by atoms with van der Waals surface area (Å²) in [6, 6.07) is 14.0. The predicted molar refractivity (Wildman–Crippen MR) is 127 cm³/mol. The summed E-state index contributed by atoms with van der Waals surface area (Å²) >= 11 is 0. The molecule has 0 radical (unpaired) electrons. The van der Waals surface area contributed by atoms with Crippen molar-refractivity contribution >= 4 is 24.4 Å². The quantitative estimate of drug-likeness (QED) is 0.312. The van der Waals surface area contributed by atoms with E-state index in [-0.39, 0.29) is 33.5 Å². The highest BCUT2D eigenvalue weighted by atomic mass is 31.1. The van der Waals surface area contributed by atoms with E-state index >= 15 is 0 Å². The Morgan fingerprint density at radius 3 is 1.76 bits per heavy atom. The van der Waals surface area contributed by atoms with Crippen LogP contribution in [-0.2, 0) is 4.57 Å². The molecule has 9 heteroatoms. The lowest BCUT2D eigenvalue weighted by Crippen LogP contribution is -2.17. The molecular formula is C25H24O8P+. The number of carbonyl (C=O) groups is 2.